The normalized spacial score (nSPS) is 10.4. The first kappa shape index (κ1) is 11.5. The van der Waals surface area contributed by atoms with Crippen molar-refractivity contribution in [2.45, 2.75) is 23.8 Å². The maximum absolute atomic E-state index is 5.86. The van der Waals surface area contributed by atoms with E-state index in [1.54, 1.807) is 17.8 Å². The molecule has 0 unspecified atom stereocenters. The zero-order valence-corrected chi connectivity index (χ0v) is 10.8. The van der Waals surface area contributed by atoms with Crippen molar-refractivity contribution in [3.63, 3.8) is 0 Å². The first-order valence-electron chi connectivity index (χ1n) is 5.03. The number of benzene rings is 1. The van der Waals surface area contributed by atoms with Crippen LogP contribution in [0.15, 0.2) is 46.3 Å². The Bertz CT molecular complexity index is 511. The van der Waals surface area contributed by atoms with Gasteiger partial charge in [0.2, 0.25) is 0 Å². The van der Waals surface area contributed by atoms with Crippen LogP contribution in [0, 0.1) is 13.8 Å². The highest BCUT2D eigenvalue weighted by molar-refractivity contribution is 7.99. The molecule has 16 heavy (non-hydrogen) atoms. The van der Waals surface area contributed by atoms with Gasteiger partial charge in [-0.25, -0.2) is 4.98 Å². The fraction of sp³-hybridized carbons (Fsp3) is 0.154. The summed E-state index contributed by atoms with van der Waals surface area (Å²) < 4.78 is 0. The molecule has 2 rings (SSSR count). The number of aromatic nitrogens is 1. The van der Waals surface area contributed by atoms with Gasteiger partial charge in [0.1, 0.15) is 10.2 Å². The lowest BCUT2D eigenvalue weighted by Crippen LogP contribution is -1.84. The van der Waals surface area contributed by atoms with E-state index in [9.17, 15) is 0 Å². The van der Waals surface area contributed by atoms with Crippen LogP contribution < -0.4 is 0 Å². The predicted molar refractivity (Wildman–Crippen MR) is 69.3 cm³/mol. The zero-order chi connectivity index (χ0) is 11.5. The lowest BCUT2D eigenvalue weighted by atomic mass is 10.2. The number of nitrogens with zero attached hydrogens (tertiary/aromatic N) is 1. The molecule has 1 aromatic carbocycles. The fourth-order valence-corrected chi connectivity index (χ4v) is 2.58. The van der Waals surface area contributed by atoms with Crippen molar-refractivity contribution in [2.75, 3.05) is 0 Å². The monoisotopic (exact) mass is 249 g/mol. The minimum Gasteiger partial charge on any atom is -0.229 e. The standard InChI is InChI=1S/C13H12ClNS/c1-9-6-7-10(2)11(8-9)16-13-5-3-4-12(14)15-13/h3-8H,1-2H3. The molecular formula is C13H12ClNS. The minimum atomic E-state index is 0.537. The second-order valence-corrected chi connectivity index (χ2v) is 5.12. The van der Waals surface area contributed by atoms with Crippen LogP contribution in [0.4, 0.5) is 0 Å². The van der Waals surface area contributed by atoms with Crippen molar-refractivity contribution in [3.05, 3.63) is 52.7 Å². The average Bonchev–Trinajstić information content (AvgIpc) is 2.24. The van der Waals surface area contributed by atoms with E-state index in [4.69, 9.17) is 11.6 Å². The van der Waals surface area contributed by atoms with Crippen LogP contribution >= 0.6 is 23.4 Å². The highest BCUT2D eigenvalue weighted by Crippen LogP contribution is 2.30. The van der Waals surface area contributed by atoms with Crippen LogP contribution in [0.25, 0.3) is 0 Å². The van der Waals surface area contributed by atoms with Gasteiger partial charge < -0.3 is 0 Å². The zero-order valence-electron chi connectivity index (χ0n) is 9.20. The van der Waals surface area contributed by atoms with Crippen LogP contribution in [0.5, 0.6) is 0 Å². The molecule has 0 spiro atoms. The Morgan fingerprint density at radius 2 is 1.94 bits per heavy atom. The third-order valence-corrected chi connectivity index (χ3v) is 3.55. The first-order valence-corrected chi connectivity index (χ1v) is 6.22. The van der Waals surface area contributed by atoms with Crippen LogP contribution in [0.1, 0.15) is 11.1 Å². The molecule has 0 N–H and O–H groups in total. The molecule has 1 nitrogen and oxygen atoms in total. The molecule has 3 heteroatoms. The lowest BCUT2D eigenvalue weighted by molar-refractivity contribution is 1.13. The van der Waals surface area contributed by atoms with Crippen LogP contribution in [-0.4, -0.2) is 4.98 Å². The first-order chi connectivity index (χ1) is 7.65. The molecule has 1 heterocycles. The Morgan fingerprint density at radius 1 is 1.12 bits per heavy atom. The molecule has 1 aromatic heterocycles. The van der Waals surface area contributed by atoms with Crippen LogP contribution in [-0.2, 0) is 0 Å². The van der Waals surface area contributed by atoms with E-state index in [1.807, 2.05) is 12.1 Å². The Labute approximate surface area is 105 Å². The maximum atomic E-state index is 5.86. The van der Waals surface area contributed by atoms with E-state index < -0.39 is 0 Å². The Balaban J connectivity index is 2.30. The smallest absolute Gasteiger partial charge is 0.130 e. The number of hydrogen-bond donors (Lipinski definition) is 0. The molecule has 0 aliphatic heterocycles. The molecule has 0 aliphatic carbocycles. The molecule has 0 saturated heterocycles. The predicted octanol–water partition coefficient (Wildman–Crippen LogP) is 4.50. The summed E-state index contributed by atoms with van der Waals surface area (Å²) in [6, 6.07) is 12.1. The van der Waals surface area contributed by atoms with E-state index in [1.165, 1.54) is 16.0 Å². The van der Waals surface area contributed by atoms with Gasteiger partial charge in [-0.2, -0.15) is 0 Å². The molecule has 2 aromatic rings. The number of hydrogen-bond acceptors (Lipinski definition) is 2. The van der Waals surface area contributed by atoms with E-state index in [-0.39, 0.29) is 0 Å². The molecule has 0 bridgehead atoms. The third kappa shape index (κ3) is 2.77. The summed E-state index contributed by atoms with van der Waals surface area (Å²) in [5.41, 5.74) is 2.52. The van der Waals surface area contributed by atoms with E-state index >= 15 is 0 Å². The average molecular weight is 250 g/mol. The van der Waals surface area contributed by atoms with Gasteiger partial charge in [-0.1, -0.05) is 41.6 Å². The van der Waals surface area contributed by atoms with Crippen molar-refractivity contribution in [1.29, 1.82) is 0 Å². The van der Waals surface area contributed by atoms with Gasteiger partial charge in [0.15, 0.2) is 0 Å². The van der Waals surface area contributed by atoms with Crippen molar-refractivity contribution in [1.82, 2.24) is 4.98 Å². The molecule has 0 radical (unpaired) electrons. The number of halogens is 1. The lowest BCUT2D eigenvalue weighted by Gasteiger charge is -2.06. The van der Waals surface area contributed by atoms with E-state index in [2.05, 4.69) is 37.0 Å². The van der Waals surface area contributed by atoms with Gasteiger partial charge in [0.05, 0.1) is 0 Å². The van der Waals surface area contributed by atoms with E-state index in [0.717, 1.165) is 5.03 Å². The molecule has 0 atom stereocenters. The Morgan fingerprint density at radius 3 is 2.69 bits per heavy atom. The highest BCUT2D eigenvalue weighted by atomic mass is 35.5. The molecular weight excluding hydrogens is 238 g/mol. The number of aryl methyl sites for hydroxylation is 2. The Kier molecular flexibility index (Phi) is 3.52. The topological polar surface area (TPSA) is 12.9 Å². The summed E-state index contributed by atoms with van der Waals surface area (Å²) in [4.78, 5) is 5.50. The van der Waals surface area contributed by atoms with Gasteiger partial charge in [-0.05, 0) is 43.2 Å². The highest BCUT2D eigenvalue weighted by Gasteiger charge is 2.03. The summed E-state index contributed by atoms with van der Waals surface area (Å²) in [5.74, 6) is 0. The summed E-state index contributed by atoms with van der Waals surface area (Å²) in [7, 11) is 0. The van der Waals surface area contributed by atoms with Gasteiger partial charge in [-0.3, -0.25) is 0 Å². The number of rotatable bonds is 2. The van der Waals surface area contributed by atoms with Crippen LogP contribution in [0.3, 0.4) is 0 Å². The summed E-state index contributed by atoms with van der Waals surface area (Å²) in [6.07, 6.45) is 0. The largest absolute Gasteiger partial charge is 0.229 e. The van der Waals surface area contributed by atoms with Crippen LogP contribution in [0.2, 0.25) is 5.15 Å². The molecule has 0 saturated carbocycles. The maximum Gasteiger partial charge on any atom is 0.130 e. The Hall–Kier alpha value is -0.990. The van der Waals surface area contributed by atoms with Gasteiger partial charge in [0.25, 0.3) is 0 Å². The second-order valence-electron chi connectivity index (χ2n) is 3.67. The second kappa shape index (κ2) is 4.89. The summed E-state index contributed by atoms with van der Waals surface area (Å²) in [5, 5.41) is 1.47. The SMILES string of the molecule is Cc1ccc(C)c(Sc2cccc(Cl)n2)c1. The number of pyridine rings is 1. The van der Waals surface area contributed by atoms with Crippen molar-refractivity contribution in [2.24, 2.45) is 0 Å². The summed E-state index contributed by atoms with van der Waals surface area (Å²) >= 11 is 7.50. The molecule has 0 amide bonds. The fourth-order valence-electron chi connectivity index (χ4n) is 1.38. The minimum absolute atomic E-state index is 0.537. The molecule has 0 aliphatic rings. The third-order valence-electron chi connectivity index (χ3n) is 2.25. The van der Waals surface area contributed by atoms with Gasteiger partial charge >= 0.3 is 0 Å². The quantitative estimate of drug-likeness (QED) is 0.727. The van der Waals surface area contributed by atoms with Gasteiger partial charge in [0, 0.05) is 4.90 Å². The van der Waals surface area contributed by atoms with Crippen molar-refractivity contribution < 1.29 is 0 Å². The van der Waals surface area contributed by atoms with E-state index in [0.29, 0.717) is 5.15 Å². The van der Waals surface area contributed by atoms with Crippen molar-refractivity contribution >= 4 is 23.4 Å². The van der Waals surface area contributed by atoms with Crippen molar-refractivity contribution in [3.8, 4) is 0 Å². The van der Waals surface area contributed by atoms with Gasteiger partial charge in [-0.15, -0.1) is 0 Å². The summed E-state index contributed by atoms with van der Waals surface area (Å²) in [6.45, 7) is 4.20. The molecule has 82 valence electrons. The molecule has 0 fully saturated rings.